The number of halogens is 1. The third-order valence-electron chi connectivity index (χ3n) is 5.50. The van der Waals surface area contributed by atoms with Gasteiger partial charge in [-0.05, 0) is 49.4 Å². The van der Waals surface area contributed by atoms with Gasteiger partial charge in [-0.1, -0.05) is 58.6 Å². The molecule has 2 aliphatic rings. The summed E-state index contributed by atoms with van der Waals surface area (Å²) >= 11 is 5.85. The molecule has 5 radical (unpaired) electrons. The lowest BCUT2D eigenvalue weighted by molar-refractivity contribution is 0.238. The number of nitrogens with zero attached hydrogens (tertiary/aromatic N) is 1. The maximum Gasteiger partial charge on any atom is 0.315 e. The summed E-state index contributed by atoms with van der Waals surface area (Å²) in [5.74, 6) is 0.121. The number of nitrogens with one attached hydrogen (secondary N) is 2. The maximum atomic E-state index is 12.7. The van der Waals surface area contributed by atoms with E-state index >= 15 is 0 Å². The summed E-state index contributed by atoms with van der Waals surface area (Å²) in [6, 6.07) is 7.18. The van der Waals surface area contributed by atoms with Gasteiger partial charge in [0.2, 0.25) is 10.0 Å². The maximum absolute atomic E-state index is 12.7. The Kier molecular flexibility index (Phi) is 11.2. The van der Waals surface area contributed by atoms with Gasteiger partial charge in [-0.3, -0.25) is 0 Å². The van der Waals surface area contributed by atoms with Gasteiger partial charge >= 0.3 is 6.03 Å². The normalized spacial score (nSPS) is 20.9. The second-order valence-electron chi connectivity index (χ2n) is 7.68. The van der Waals surface area contributed by atoms with E-state index in [0.717, 1.165) is 38.1 Å². The minimum absolute atomic E-state index is 0. The average Bonchev–Trinajstić information content (AvgIpc) is 3.12. The number of benzene rings is 1. The number of sulfonamides is 1. The van der Waals surface area contributed by atoms with Crippen molar-refractivity contribution in [1.29, 1.82) is 0 Å². The molecule has 1 atom stereocenters. The number of carbonyl (C=O) groups is 1. The van der Waals surface area contributed by atoms with Crippen LogP contribution in [0.15, 0.2) is 29.2 Å². The van der Waals surface area contributed by atoms with Crippen LogP contribution < -0.4 is 10.6 Å². The molecule has 3 rings (SSSR count). The van der Waals surface area contributed by atoms with Crippen LogP contribution in [0, 0.1) is 26.8 Å². The van der Waals surface area contributed by atoms with Crippen LogP contribution in [0.25, 0.3) is 0 Å². The molecule has 1 aliphatic carbocycles. The first-order valence-electron chi connectivity index (χ1n) is 10.1. The summed E-state index contributed by atoms with van der Waals surface area (Å²) in [4.78, 5) is 12.5. The van der Waals surface area contributed by atoms with Crippen molar-refractivity contribution in [2.45, 2.75) is 56.3 Å². The highest BCUT2D eigenvalue weighted by molar-refractivity contribution is 7.89. The Hall–Kier alpha value is -1.31. The lowest BCUT2D eigenvalue weighted by Crippen LogP contribution is -2.41. The Morgan fingerprint density at radius 1 is 1.03 bits per heavy atom. The molecule has 8 heteroatoms. The minimum Gasteiger partial charge on any atom is -0.338 e. The number of urea groups is 1. The molecular formula is C22H33ClN3O3S. The number of rotatable bonds is 5. The molecule has 1 heterocycles. The van der Waals surface area contributed by atoms with Gasteiger partial charge in [-0.15, -0.1) is 0 Å². The van der Waals surface area contributed by atoms with Crippen LogP contribution in [-0.2, 0) is 10.0 Å². The third kappa shape index (κ3) is 7.43. The molecule has 6 nitrogen and oxygen atoms in total. The Labute approximate surface area is 187 Å². The molecule has 2 fully saturated rings. The highest BCUT2D eigenvalue weighted by Crippen LogP contribution is 2.25. The smallest absolute Gasteiger partial charge is 0.315 e. The fourth-order valence-electron chi connectivity index (χ4n) is 3.84. The molecule has 30 heavy (non-hydrogen) atoms. The van der Waals surface area contributed by atoms with Crippen LogP contribution in [0.3, 0.4) is 0 Å². The monoisotopic (exact) mass is 454 g/mol. The number of carbonyl (C=O) groups excluding carboxylic acids is 1. The summed E-state index contributed by atoms with van der Waals surface area (Å²) in [6.07, 6.45) is 8.68. The van der Waals surface area contributed by atoms with Crippen LogP contribution >= 0.6 is 11.6 Å². The van der Waals surface area contributed by atoms with Crippen LogP contribution in [0.2, 0.25) is 5.02 Å². The quantitative estimate of drug-likeness (QED) is 0.683. The van der Waals surface area contributed by atoms with Crippen molar-refractivity contribution in [1.82, 2.24) is 14.9 Å². The molecule has 0 bridgehead atoms. The molecular weight excluding hydrogens is 422 g/mol. The summed E-state index contributed by atoms with van der Waals surface area (Å²) in [7, 11) is -3.51. The molecule has 1 saturated carbocycles. The lowest BCUT2D eigenvalue weighted by atomic mass is 9.97. The van der Waals surface area contributed by atoms with Crippen LogP contribution in [0.1, 0.15) is 51.4 Å². The molecule has 0 aromatic heterocycles. The molecule has 1 aromatic carbocycles. The molecule has 1 aliphatic heterocycles. The molecule has 0 spiro atoms. The van der Waals surface area contributed by atoms with Gasteiger partial charge in [-0.25, -0.2) is 13.2 Å². The van der Waals surface area contributed by atoms with Crippen molar-refractivity contribution >= 4 is 27.7 Å². The topological polar surface area (TPSA) is 78.5 Å². The van der Waals surface area contributed by atoms with Gasteiger partial charge in [0.1, 0.15) is 0 Å². The summed E-state index contributed by atoms with van der Waals surface area (Å²) in [5, 5.41) is 6.43. The fourth-order valence-corrected chi connectivity index (χ4v) is 5.49. The van der Waals surface area contributed by atoms with E-state index in [1.807, 2.05) is 0 Å². The number of amides is 2. The Morgan fingerprint density at radius 3 is 2.27 bits per heavy atom. The SMILES string of the molecule is O=C(NCC1CCN(S(=O)(=O)c2ccc(Cl)cc2)C1)N[C]1CCCCCCC1.[CH2].[CH2]. The van der Waals surface area contributed by atoms with Crippen LogP contribution in [-0.4, -0.2) is 38.4 Å². The molecule has 2 amide bonds. The van der Waals surface area contributed by atoms with E-state index in [1.54, 1.807) is 12.1 Å². The predicted octanol–water partition coefficient (Wildman–Crippen LogP) is 4.58. The average molecular weight is 455 g/mol. The van der Waals surface area contributed by atoms with Gasteiger partial charge in [0.05, 0.1) is 10.9 Å². The third-order valence-corrected chi connectivity index (χ3v) is 7.63. The van der Waals surface area contributed by atoms with Crippen molar-refractivity contribution in [2.75, 3.05) is 19.6 Å². The van der Waals surface area contributed by atoms with Crippen molar-refractivity contribution in [3.63, 3.8) is 0 Å². The lowest BCUT2D eigenvalue weighted by Gasteiger charge is -2.21. The molecule has 167 valence electrons. The standard InChI is InChI=1S/C20H29ClN3O3S.2CH2/c21-17-8-10-19(11-9-17)28(26,27)24-13-12-16(15-24)14-22-20(25)23-18-6-4-2-1-3-5-7-18;;/h8-11,16H,1-7,12-15H2,(H2,22,23,25);2*1H2. The van der Waals surface area contributed by atoms with E-state index in [4.69, 9.17) is 11.6 Å². The van der Waals surface area contributed by atoms with E-state index in [1.165, 1.54) is 35.7 Å². The Morgan fingerprint density at radius 2 is 1.63 bits per heavy atom. The van der Waals surface area contributed by atoms with E-state index in [0.29, 0.717) is 24.7 Å². The van der Waals surface area contributed by atoms with E-state index in [2.05, 4.69) is 10.6 Å². The first-order valence-corrected chi connectivity index (χ1v) is 11.9. The Balaban J connectivity index is 0.00000225. The van der Waals surface area contributed by atoms with E-state index in [9.17, 15) is 13.2 Å². The van der Waals surface area contributed by atoms with Gasteiger partial charge in [0.25, 0.3) is 0 Å². The molecule has 1 unspecified atom stereocenters. The highest BCUT2D eigenvalue weighted by atomic mass is 35.5. The fraction of sp³-hybridized carbons (Fsp3) is 0.545. The van der Waals surface area contributed by atoms with E-state index in [-0.39, 0.29) is 31.7 Å². The van der Waals surface area contributed by atoms with Crippen molar-refractivity contribution in [2.24, 2.45) is 5.92 Å². The second-order valence-corrected chi connectivity index (χ2v) is 10.1. The second kappa shape index (κ2) is 12.5. The largest absolute Gasteiger partial charge is 0.338 e. The van der Waals surface area contributed by atoms with Gasteiger partial charge < -0.3 is 10.6 Å². The number of hydrogen-bond donors (Lipinski definition) is 2. The number of hydrogen-bond acceptors (Lipinski definition) is 3. The van der Waals surface area contributed by atoms with Gasteiger partial charge in [-0.2, -0.15) is 4.31 Å². The van der Waals surface area contributed by atoms with Crippen molar-refractivity contribution < 1.29 is 13.2 Å². The first kappa shape index (κ1) is 26.7. The van der Waals surface area contributed by atoms with Crippen molar-refractivity contribution in [3.8, 4) is 0 Å². The van der Waals surface area contributed by atoms with Crippen molar-refractivity contribution in [3.05, 3.63) is 50.2 Å². The molecule has 2 N–H and O–H groups in total. The van der Waals surface area contributed by atoms with Gasteiger partial charge in [0.15, 0.2) is 0 Å². The predicted molar refractivity (Wildman–Crippen MR) is 121 cm³/mol. The van der Waals surface area contributed by atoms with Crippen LogP contribution in [0.4, 0.5) is 4.79 Å². The Bertz CT molecular complexity index is 747. The summed E-state index contributed by atoms with van der Waals surface area (Å²) < 4.78 is 27.0. The molecule has 1 saturated heterocycles. The van der Waals surface area contributed by atoms with Gasteiger partial charge in [0, 0.05) is 24.7 Å². The van der Waals surface area contributed by atoms with Crippen LogP contribution in [0.5, 0.6) is 0 Å². The molecule has 1 aromatic rings. The van der Waals surface area contributed by atoms with E-state index < -0.39 is 10.0 Å². The highest BCUT2D eigenvalue weighted by Gasteiger charge is 2.32. The zero-order valence-corrected chi connectivity index (χ0v) is 19.1. The zero-order chi connectivity index (χ0) is 20.0. The first-order chi connectivity index (χ1) is 13.4. The minimum atomic E-state index is -3.51. The summed E-state index contributed by atoms with van der Waals surface area (Å²) in [5.41, 5.74) is 0. The zero-order valence-electron chi connectivity index (χ0n) is 17.5. The summed E-state index contributed by atoms with van der Waals surface area (Å²) in [6.45, 7) is 1.36.